The predicted octanol–water partition coefficient (Wildman–Crippen LogP) is 0.115. The standard InChI is InChI=1S/C13H17N3O3/c1-8-16-10-3-2-9(6-12(10)19-8)4-5-15-13(18)11(17)7-14/h2-3,6,11,17H,4-5,7,14H2,1H3,(H,15,18). The van der Waals surface area contributed by atoms with E-state index in [1.54, 1.807) is 6.92 Å². The molecule has 1 amide bonds. The minimum atomic E-state index is -1.14. The van der Waals surface area contributed by atoms with Gasteiger partial charge in [-0.2, -0.15) is 0 Å². The molecule has 1 unspecified atom stereocenters. The molecule has 0 saturated heterocycles. The van der Waals surface area contributed by atoms with Crippen molar-refractivity contribution < 1.29 is 14.3 Å². The highest BCUT2D eigenvalue weighted by Gasteiger charge is 2.11. The van der Waals surface area contributed by atoms with Crippen LogP contribution in [0.25, 0.3) is 11.1 Å². The lowest BCUT2D eigenvalue weighted by Crippen LogP contribution is -2.39. The molecule has 102 valence electrons. The maximum Gasteiger partial charge on any atom is 0.250 e. The van der Waals surface area contributed by atoms with Crippen molar-refractivity contribution in [3.8, 4) is 0 Å². The number of aliphatic hydroxyl groups excluding tert-OH is 1. The van der Waals surface area contributed by atoms with Crippen LogP contribution in [0.4, 0.5) is 0 Å². The van der Waals surface area contributed by atoms with Gasteiger partial charge in [0.2, 0.25) is 5.91 Å². The van der Waals surface area contributed by atoms with Gasteiger partial charge in [-0.3, -0.25) is 4.79 Å². The zero-order valence-electron chi connectivity index (χ0n) is 10.7. The molecule has 6 nitrogen and oxygen atoms in total. The van der Waals surface area contributed by atoms with E-state index in [-0.39, 0.29) is 6.54 Å². The van der Waals surface area contributed by atoms with Crippen molar-refractivity contribution in [3.63, 3.8) is 0 Å². The first-order chi connectivity index (χ1) is 9.10. The molecular weight excluding hydrogens is 246 g/mol. The molecule has 0 aliphatic heterocycles. The molecule has 2 aromatic rings. The summed E-state index contributed by atoms with van der Waals surface area (Å²) in [6.07, 6.45) is -0.488. The normalized spacial score (nSPS) is 12.6. The molecule has 0 fully saturated rings. The Morgan fingerprint density at radius 3 is 3.11 bits per heavy atom. The Morgan fingerprint density at radius 1 is 1.58 bits per heavy atom. The van der Waals surface area contributed by atoms with Crippen LogP contribution in [0.15, 0.2) is 22.6 Å². The molecule has 4 N–H and O–H groups in total. The van der Waals surface area contributed by atoms with Crippen LogP contribution >= 0.6 is 0 Å². The van der Waals surface area contributed by atoms with Crippen LogP contribution in [0.3, 0.4) is 0 Å². The molecule has 6 heteroatoms. The molecule has 0 radical (unpaired) electrons. The number of carbonyl (C=O) groups excluding carboxylic acids is 1. The van der Waals surface area contributed by atoms with E-state index in [9.17, 15) is 9.90 Å². The molecule has 0 bridgehead atoms. The highest BCUT2D eigenvalue weighted by molar-refractivity contribution is 5.80. The van der Waals surface area contributed by atoms with Gasteiger partial charge in [0.25, 0.3) is 0 Å². The number of amides is 1. The summed E-state index contributed by atoms with van der Waals surface area (Å²) in [5, 5.41) is 11.8. The summed E-state index contributed by atoms with van der Waals surface area (Å²) >= 11 is 0. The van der Waals surface area contributed by atoms with Crippen LogP contribution in [0.1, 0.15) is 11.5 Å². The topological polar surface area (TPSA) is 101 Å². The minimum absolute atomic E-state index is 0.0743. The van der Waals surface area contributed by atoms with Crippen LogP contribution in [-0.4, -0.2) is 35.2 Å². The van der Waals surface area contributed by atoms with Crippen molar-refractivity contribution in [1.29, 1.82) is 0 Å². The lowest BCUT2D eigenvalue weighted by molar-refractivity contribution is -0.128. The van der Waals surface area contributed by atoms with E-state index in [0.717, 1.165) is 16.7 Å². The van der Waals surface area contributed by atoms with Crippen LogP contribution in [0.2, 0.25) is 0 Å². The van der Waals surface area contributed by atoms with Gasteiger partial charge in [-0.05, 0) is 24.1 Å². The van der Waals surface area contributed by atoms with Gasteiger partial charge in [0.1, 0.15) is 11.6 Å². The zero-order valence-corrected chi connectivity index (χ0v) is 10.7. The number of aromatic nitrogens is 1. The Hall–Kier alpha value is -1.92. The minimum Gasteiger partial charge on any atom is -0.441 e. The average molecular weight is 263 g/mol. The summed E-state index contributed by atoms with van der Waals surface area (Å²) in [7, 11) is 0. The molecule has 0 aliphatic carbocycles. The first-order valence-corrected chi connectivity index (χ1v) is 6.12. The Kier molecular flexibility index (Phi) is 4.13. The van der Waals surface area contributed by atoms with E-state index >= 15 is 0 Å². The first kappa shape index (κ1) is 13.5. The first-order valence-electron chi connectivity index (χ1n) is 6.12. The number of fused-ring (bicyclic) bond motifs is 1. The quantitative estimate of drug-likeness (QED) is 0.711. The number of hydrogen-bond donors (Lipinski definition) is 3. The lowest BCUT2D eigenvalue weighted by Gasteiger charge is -2.08. The molecule has 2 rings (SSSR count). The number of nitrogens with zero attached hydrogens (tertiary/aromatic N) is 1. The summed E-state index contributed by atoms with van der Waals surface area (Å²) in [5.41, 5.74) is 7.79. The number of aryl methyl sites for hydroxylation is 1. The highest BCUT2D eigenvalue weighted by atomic mass is 16.3. The maximum atomic E-state index is 11.3. The van der Waals surface area contributed by atoms with Gasteiger partial charge in [0, 0.05) is 20.0 Å². The Labute approximate surface area is 110 Å². The summed E-state index contributed by atoms with van der Waals surface area (Å²) in [6, 6.07) is 5.73. The second kappa shape index (κ2) is 5.81. The molecule has 1 atom stereocenters. The summed E-state index contributed by atoms with van der Waals surface area (Å²) in [5.74, 6) is 0.186. The number of hydrogen-bond acceptors (Lipinski definition) is 5. The van der Waals surface area contributed by atoms with Crippen LogP contribution in [0.5, 0.6) is 0 Å². The number of oxazole rings is 1. The van der Waals surface area contributed by atoms with Gasteiger partial charge in [-0.15, -0.1) is 0 Å². The van der Waals surface area contributed by atoms with Gasteiger partial charge in [-0.1, -0.05) is 6.07 Å². The van der Waals surface area contributed by atoms with Crippen molar-refractivity contribution in [1.82, 2.24) is 10.3 Å². The van der Waals surface area contributed by atoms with Crippen LogP contribution in [-0.2, 0) is 11.2 Å². The fourth-order valence-electron chi connectivity index (χ4n) is 1.79. The number of aliphatic hydroxyl groups is 1. The average Bonchev–Trinajstić information content (AvgIpc) is 2.77. The van der Waals surface area contributed by atoms with Gasteiger partial charge in [-0.25, -0.2) is 4.98 Å². The van der Waals surface area contributed by atoms with E-state index in [1.807, 2.05) is 18.2 Å². The third-order valence-corrected chi connectivity index (χ3v) is 2.80. The fourth-order valence-corrected chi connectivity index (χ4v) is 1.79. The van der Waals surface area contributed by atoms with E-state index in [1.165, 1.54) is 0 Å². The third kappa shape index (κ3) is 3.30. The number of nitrogens with one attached hydrogen (secondary N) is 1. The van der Waals surface area contributed by atoms with E-state index in [0.29, 0.717) is 18.9 Å². The Morgan fingerprint density at radius 2 is 2.37 bits per heavy atom. The molecule has 19 heavy (non-hydrogen) atoms. The van der Waals surface area contributed by atoms with Gasteiger partial charge in [0.15, 0.2) is 11.5 Å². The van der Waals surface area contributed by atoms with Crippen molar-refractivity contribution in [2.45, 2.75) is 19.4 Å². The monoisotopic (exact) mass is 263 g/mol. The van der Waals surface area contributed by atoms with Gasteiger partial charge in [0.05, 0.1) is 0 Å². The smallest absolute Gasteiger partial charge is 0.250 e. The molecule has 0 saturated carbocycles. The molecule has 1 heterocycles. The Balaban J connectivity index is 1.92. The largest absolute Gasteiger partial charge is 0.441 e. The van der Waals surface area contributed by atoms with Gasteiger partial charge < -0.3 is 20.6 Å². The van der Waals surface area contributed by atoms with E-state index in [2.05, 4.69) is 10.3 Å². The van der Waals surface area contributed by atoms with Crippen molar-refractivity contribution >= 4 is 17.0 Å². The second-order valence-corrected chi connectivity index (χ2v) is 4.33. The van der Waals surface area contributed by atoms with Gasteiger partial charge >= 0.3 is 0 Å². The van der Waals surface area contributed by atoms with Crippen molar-refractivity contribution in [3.05, 3.63) is 29.7 Å². The van der Waals surface area contributed by atoms with E-state index < -0.39 is 12.0 Å². The second-order valence-electron chi connectivity index (χ2n) is 4.33. The lowest BCUT2D eigenvalue weighted by atomic mass is 10.1. The molecule has 1 aromatic heterocycles. The maximum absolute atomic E-state index is 11.3. The van der Waals surface area contributed by atoms with Crippen molar-refractivity contribution in [2.24, 2.45) is 5.73 Å². The number of rotatable bonds is 5. The molecular formula is C13H17N3O3. The summed E-state index contributed by atoms with van der Waals surface area (Å²) < 4.78 is 5.44. The fraction of sp³-hybridized carbons (Fsp3) is 0.385. The molecule has 0 aliphatic rings. The third-order valence-electron chi connectivity index (χ3n) is 2.80. The van der Waals surface area contributed by atoms with Crippen molar-refractivity contribution in [2.75, 3.05) is 13.1 Å². The Bertz CT molecular complexity index is 580. The zero-order chi connectivity index (χ0) is 13.8. The van der Waals surface area contributed by atoms with Crippen LogP contribution in [0, 0.1) is 6.92 Å². The predicted molar refractivity (Wildman–Crippen MR) is 70.5 cm³/mol. The molecule has 1 aromatic carbocycles. The number of benzene rings is 1. The summed E-state index contributed by atoms with van der Waals surface area (Å²) in [4.78, 5) is 15.5. The molecule has 0 spiro atoms. The number of carbonyl (C=O) groups is 1. The number of nitrogens with two attached hydrogens (primary N) is 1. The SMILES string of the molecule is Cc1nc2ccc(CCNC(=O)C(O)CN)cc2o1. The summed E-state index contributed by atoms with van der Waals surface area (Å²) in [6.45, 7) is 2.16. The highest BCUT2D eigenvalue weighted by Crippen LogP contribution is 2.16. The van der Waals surface area contributed by atoms with E-state index in [4.69, 9.17) is 10.2 Å². The van der Waals surface area contributed by atoms with Crippen LogP contribution < -0.4 is 11.1 Å².